The van der Waals surface area contributed by atoms with Gasteiger partial charge in [0.15, 0.2) is 0 Å². The van der Waals surface area contributed by atoms with Gasteiger partial charge in [-0.1, -0.05) is 93.8 Å². The van der Waals surface area contributed by atoms with Crippen LogP contribution in [0.4, 0.5) is 0 Å². The predicted octanol–water partition coefficient (Wildman–Crippen LogP) is 6.15. The summed E-state index contributed by atoms with van der Waals surface area (Å²) in [4.78, 5) is 2.55. The molecule has 0 spiro atoms. The van der Waals surface area contributed by atoms with Gasteiger partial charge in [0.05, 0.1) is 0 Å². The third-order valence-corrected chi connectivity index (χ3v) is 5.06. The van der Waals surface area contributed by atoms with E-state index in [1.54, 1.807) is 0 Å². The Morgan fingerprint density at radius 3 is 2.50 bits per heavy atom. The summed E-state index contributed by atoms with van der Waals surface area (Å²) >= 11 is 0. The Bertz CT molecular complexity index is 508. The number of rotatable bonds is 10. The molecule has 0 aliphatic heterocycles. The van der Waals surface area contributed by atoms with E-state index in [0.29, 0.717) is 0 Å². The second kappa shape index (κ2) is 11.0. The highest BCUT2D eigenvalue weighted by atomic mass is 15.1. The van der Waals surface area contributed by atoms with Gasteiger partial charge in [0, 0.05) is 13.1 Å². The van der Waals surface area contributed by atoms with Gasteiger partial charge in [0.2, 0.25) is 0 Å². The van der Waals surface area contributed by atoms with Gasteiger partial charge in [-0.2, -0.15) is 0 Å². The van der Waals surface area contributed by atoms with E-state index < -0.39 is 0 Å². The molecule has 0 saturated heterocycles. The van der Waals surface area contributed by atoms with Crippen molar-refractivity contribution in [1.82, 2.24) is 4.90 Å². The molecule has 130 valence electrons. The molecule has 0 heterocycles. The maximum absolute atomic E-state index is 3.95. The van der Waals surface area contributed by atoms with Crippen molar-refractivity contribution in [2.75, 3.05) is 13.1 Å². The van der Waals surface area contributed by atoms with Crippen molar-refractivity contribution in [3.8, 4) is 0 Å². The quantitative estimate of drug-likeness (QED) is 0.467. The van der Waals surface area contributed by atoms with Gasteiger partial charge < -0.3 is 0 Å². The maximum Gasteiger partial charge on any atom is 0.0237 e. The molecule has 0 radical (unpaired) electrons. The molecule has 1 heteroatoms. The fraction of sp³-hybridized carbons (Fsp3) is 0.478. The normalized spacial score (nSPS) is 16.3. The zero-order chi connectivity index (χ0) is 17.0. The molecule has 1 aliphatic carbocycles. The summed E-state index contributed by atoms with van der Waals surface area (Å²) in [5.74, 6) is 0.972. The molecule has 0 aromatic heterocycles. The monoisotopic (exact) mass is 323 g/mol. The molecule has 0 N–H and O–H groups in total. The molecule has 0 unspecified atom stereocenters. The van der Waals surface area contributed by atoms with Gasteiger partial charge in [-0.15, -0.1) is 0 Å². The molecule has 1 nitrogen and oxygen atoms in total. The van der Waals surface area contributed by atoms with Crippen molar-refractivity contribution < 1.29 is 0 Å². The molecule has 1 saturated carbocycles. The lowest BCUT2D eigenvalue weighted by Crippen LogP contribution is -2.27. The SMILES string of the molecule is C=C/C=C(\C=C)CN(CCCC1CCCCC1)Cc1ccccc1. The van der Waals surface area contributed by atoms with Gasteiger partial charge in [0.1, 0.15) is 0 Å². The molecule has 0 bridgehead atoms. The number of benzene rings is 1. The molecular weight excluding hydrogens is 290 g/mol. The molecule has 2 rings (SSSR count). The van der Waals surface area contributed by atoms with Crippen molar-refractivity contribution in [2.45, 2.75) is 51.5 Å². The van der Waals surface area contributed by atoms with Crippen LogP contribution in [0.5, 0.6) is 0 Å². The second-order valence-electron chi connectivity index (χ2n) is 7.02. The summed E-state index contributed by atoms with van der Waals surface area (Å²) in [6, 6.07) is 10.8. The molecule has 1 aromatic carbocycles. The summed E-state index contributed by atoms with van der Waals surface area (Å²) in [5.41, 5.74) is 2.63. The van der Waals surface area contributed by atoms with E-state index in [1.165, 1.54) is 56.1 Å². The first-order valence-electron chi connectivity index (χ1n) is 9.52. The zero-order valence-corrected chi connectivity index (χ0v) is 15.1. The van der Waals surface area contributed by atoms with Crippen molar-refractivity contribution in [3.63, 3.8) is 0 Å². The van der Waals surface area contributed by atoms with Gasteiger partial charge in [-0.3, -0.25) is 4.90 Å². The summed E-state index contributed by atoms with van der Waals surface area (Å²) < 4.78 is 0. The van der Waals surface area contributed by atoms with Gasteiger partial charge in [-0.05, 0) is 36.4 Å². The second-order valence-corrected chi connectivity index (χ2v) is 7.02. The van der Waals surface area contributed by atoms with Gasteiger partial charge in [0.25, 0.3) is 0 Å². The van der Waals surface area contributed by atoms with Gasteiger partial charge in [-0.25, -0.2) is 0 Å². The van der Waals surface area contributed by atoms with Crippen LogP contribution in [0.3, 0.4) is 0 Å². The minimum absolute atomic E-state index is 0.953. The third-order valence-electron chi connectivity index (χ3n) is 5.06. The van der Waals surface area contributed by atoms with Crippen LogP contribution < -0.4 is 0 Å². The van der Waals surface area contributed by atoms with Crippen LogP contribution in [0.2, 0.25) is 0 Å². The topological polar surface area (TPSA) is 3.24 Å². The minimum atomic E-state index is 0.953. The Labute approximate surface area is 148 Å². The number of nitrogens with zero attached hydrogens (tertiary/aromatic N) is 1. The first-order chi connectivity index (χ1) is 11.8. The van der Waals surface area contributed by atoms with E-state index in [2.05, 4.69) is 54.5 Å². The van der Waals surface area contributed by atoms with Crippen LogP contribution in [0.25, 0.3) is 0 Å². The Morgan fingerprint density at radius 1 is 1.08 bits per heavy atom. The van der Waals surface area contributed by atoms with Crippen LogP contribution in [0.15, 0.2) is 67.3 Å². The maximum atomic E-state index is 3.95. The van der Waals surface area contributed by atoms with Crippen molar-refractivity contribution in [1.29, 1.82) is 0 Å². The average Bonchev–Trinajstić information content (AvgIpc) is 2.63. The van der Waals surface area contributed by atoms with Crippen molar-refractivity contribution in [2.24, 2.45) is 5.92 Å². The summed E-state index contributed by atoms with van der Waals surface area (Å²) in [6.07, 6.45) is 15.8. The number of allylic oxidation sites excluding steroid dienone is 2. The Hall–Kier alpha value is -1.60. The molecule has 1 aromatic rings. The third kappa shape index (κ3) is 6.88. The van der Waals surface area contributed by atoms with Crippen molar-refractivity contribution in [3.05, 3.63) is 72.9 Å². The highest BCUT2D eigenvalue weighted by Crippen LogP contribution is 2.27. The Kier molecular flexibility index (Phi) is 8.62. The van der Waals surface area contributed by atoms with E-state index in [-0.39, 0.29) is 0 Å². The number of hydrogen-bond acceptors (Lipinski definition) is 1. The lowest BCUT2D eigenvalue weighted by molar-refractivity contribution is 0.259. The highest BCUT2D eigenvalue weighted by molar-refractivity contribution is 5.23. The zero-order valence-electron chi connectivity index (χ0n) is 15.1. The highest BCUT2D eigenvalue weighted by Gasteiger charge is 2.14. The molecule has 0 atom stereocenters. The van der Waals surface area contributed by atoms with E-state index in [0.717, 1.165) is 25.6 Å². The van der Waals surface area contributed by atoms with Crippen LogP contribution in [0, 0.1) is 5.92 Å². The summed E-state index contributed by atoms with van der Waals surface area (Å²) in [6.45, 7) is 10.9. The van der Waals surface area contributed by atoms with E-state index >= 15 is 0 Å². The van der Waals surface area contributed by atoms with E-state index in [9.17, 15) is 0 Å². The van der Waals surface area contributed by atoms with Crippen LogP contribution in [0.1, 0.15) is 50.5 Å². The Morgan fingerprint density at radius 2 is 1.83 bits per heavy atom. The van der Waals surface area contributed by atoms with Gasteiger partial charge >= 0.3 is 0 Å². The first kappa shape index (κ1) is 18.7. The Balaban J connectivity index is 1.89. The van der Waals surface area contributed by atoms with Crippen LogP contribution in [-0.4, -0.2) is 18.0 Å². The van der Waals surface area contributed by atoms with E-state index in [4.69, 9.17) is 0 Å². The molecular formula is C23H33N. The van der Waals surface area contributed by atoms with Crippen LogP contribution >= 0.6 is 0 Å². The standard InChI is InChI=1S/C23H33N/c1-3-12-21(4-2)19-24(20-23-15-9-6-10-16-23)18-11-17-22-13-7-5-8-14-22/h3-4,6,9-10,12,15-16,22H,1-2,5,7-8,11,13-14,17-20H2/b21-12+. The molecule has 1 aliphatic rings. The van der Waals surface area contributed by atoms with E-state index in [1.807, 2.05) is 12.2 Å². The fourth-order valence-electron chi connectivity index (χ4n) is 3.73. The predicted molar refractivity (Wildman–Crippen MR) is 106 cm³/mol. The minimum Gasteiger partial charge on any atom is -0.295 e. The molecule has 24 heavy (non-hydrogen) atoms. The first-order valence-corrected chi connectivity index (χ1v) is 9.52. The largest absolute Gasteiger partial charge is 0.295 e. The number of hydrogen-bond donors (Lipinski definition) is 0. The molecule has 0 amide bonds. The van der Waals surface area contributed by atoms with Crippen LogP contribution in [-0.2, 0) is 6.54 Å². The smallest absolute Gasteiger partial charge is 0.0237 e. The lowest BCUT2D eigenvalue weighted by Gasteiger charge is -2.26. The van der Waals surface area contributed by atoms with Crippen molar-refractivity contribution >= 4 is 0 Å². The summed E-state index contributed by atoms with van der Waals surface area (Å²) in [7, 11) is 0. The lowest BCUT2D eigenvalue weighted by atomic mass is 9.86. The summed E-state index contributed by atoms with van der Waals surface area (Å²) in [5, 5.41) is 0. The fourth-order valence-corrected chi connectivity index (χ4v) is 3.73. The molecule has 1 fully saturated rings. The average molecular weight is 324 g/mol.